The van der Waals surface area contributed by atoms with Crippen molar-refractivity contribution in [1.82, 2.24) is 20.0 Å². The third-order valence-corrected chi connectivity index (χ3v) is 6.32. The van der Waals surface area contributed by atoms with E-state index in [0.717, 1.165) is 11.1 Å². The highest BCUT2D eigenvalue weighted by molar-refractivity contribution is 5.95. The fraction of sp³-hybridized carbons (Fsp3) is 0.379. The number of nitrogens with zero attached hydrogens (tertiary/aromatic N) is 4. The van der Waals surface area contributed by atoms with Crippen LogP contribution in [0.15, 0.2) is 60.7 Å². The average Bonchev–Trinajstić information content (AvgIpc) is 2.91. The maximum Gasteiger partial charge on any atom is 0.410 e. The number of carbonyl (C=O) groups is 2. The lowest BCUT2D eigenvalue weighted by molar-refractivity contribution is 0.0141. The van der Waals surface area contributed by atoms with Crippen LogP contribution in [0.3, 0.4) is 0 Å². The molecule has 1 fully saturated rings. The first-order valence-corrected chi connectivity index (χ1v) is 12.8. The van der Waals surface area contributed by atoms with Gasteiger partial charge in [0.25, 0.3) is 5.91 Å². The lowest BCUT2D eigenvalue weighted by Crippen LogP contribution is -2.51. The zero-order valence-electron chi connectivity index (χ0n) is 22.3. The van der Waals surface area contributed by atoms with Crippen molar-refractivity contribution in [3.8, 4) is 11.3 Å². The Hall–Kier alpha value is -4.01. The number of hydrogen-bond acceptors (Lipinski definition) is 6. The summed E-state index contributed by atoms with van der Waals surface area (Å²) in [6, 6.07) is 17.5. The smallest absolute Gasteiger partial charge is 0.410 e. The molecule has 1 saturated heterocycles. The predicted octanol–water partition coefficient (Wildman–Crippen LogP) is 5.19. The van der Waals surface area contributed by atoms with Crippen molar-refractivity contribution in [2.45, 2.75) is 39.2 Å². The number of amides is 2. The average molecular weight is 520 g/mol. The number of piperazine rings is 1. The second-order valence-electron chi connectivity index (χ2n) is 10.5. The van der Waals surface area contributed by atoms with Crippen molar-refractivity contribution in [1.29, 1.82) is 0 Å². The fourth-order valence-corrected chi connectivity index (χ4v) is 4.16. The Morgan fingerprint density at radius 3 is 2.29 bits per heavy atom. The van der Waals surface area contributed by atoms with E-state index < -0.39 is 5.60 Å². The number of ether oxygens (including phenoxy) is 1. The SMILES string of the molecule is CC(CNc1ccc(-c2cccc(C(=O)N3CCN(C(=O)OC(C)(C)C)CC3)c2)nn1)c1ccc(F)cc1. The Balaban J connectivity index is 1.33. The summed E-state index contributed by atoms with van der Waals surface area (Å²) in [6.07, 6.45) is -0.354. The summed E-state index contributed by atoms with van der Waals surface area (Å²) < 4.78 is 18.6. The minimum atomic E-state index is -0.552. The van der Waals surface area contributed by atoms with Crippen LogP contribution in [0.5, 0.6) is 0 Å². The number of hydrogen-bond donors (Lipinski definition) is 1. The topological polar surface area (TPSA) is 87.7 Å². The molecule has 2 aromatic carbocycles. The van der Waals surface area contributed by atoms with Gasteiger partial charge in [0.05, 0.1) is 5.69 Å². The van der Waals surface area contributed by atoms with E-state index in [1.807, 2.05) is 51.1 Å². The van der Waals surface area contributed by atoms with Gasteiger partial charge in [0.1, 0.15) is 17.2 Å². The van der Waals surface area contributed by atoms with Crippen LogP contribution in [0.1, 0.15) is 49.5 Å². The standard InChI is InChI=1S/C29H34FN5O3/c1-20(21-8-10-24(30)11-9-21)19-31-26-13-12-25(32-33-26)22-6-5-7-23(18-22)27(36)34-14-16-35(17-15-34)28(37)38-29(2,3)4/h5-13,18,20H,14-17,19H2,1-4H3,(H,31,33). The van der Waals surface area contributed by atoms with Crippen LogP contribution in [0, 0.1) is 5.82 Å². The highest BCUT2D eigenvalue weighted by atomic mass is 19.1. The Kier molecular flexibility index (Phi) is 8.24. The quantitative estimate of drug-likeness (QED) is 0.482. The summed E-state index contributed by atoms with van der Waals surface area (Å²) in [4.78, 5) is 28.8. The van der Waals surface area contributed by atoms with E-state index in [-0.39, 0.29) is 23.7 Å². The minimum Gasteiger partial charge on any atom is -0.444 e. The molecular formula is C29H34FN5O3. The maximum atomic E-state index is 13.2. The number of benzene rings is 2. The molecule has 9 heteroatoms. The molecule has 2 heterocycles. The van der Waals surface area contributed by atoms with Gasteiger partial charge in [-0.1, -0.05) is 31.2 Å². The highest BCUT2D eigenvalue weighted by Gasteiger charge is 2.28. The van der Waals surface area contributed by atoms with Gasteiger partial charge in [0, 0.05) is 43.9 Å². The molecule has 8 nitrogen and oxygen atoms in total. The second-order valence-corrected chi connectivity index (χ2v) is 10.5. The Morgan fingerprint density at radius 2 is 1.66 bits per heavy atom. The summed E-state index contributed by atoms with van der Waals surface area (Å²) in [5, 5.41) is 11.9. The van der Waals surface area contributed by atoms with Crippen LogP contribution >= 0.6 is 0 Å². The van der Waals surface area contributed by atoms with E-state index in [1.165, 1.54) is 12.1 Å². The number of halogens is 1. The molecule has 3 aromatic rings. The van der Waals surface area contributed by atoms with Crippen molar-refractivity contribution in [3.05, 3.63) is 77.6 Å². The Bertz CT molecular complexity index is 1250. The molecule has 4 rings (SSSR count). The fourth-order valence-electron chi connectivity index (χ4n) is 4.16. The van der Waals surface area contributed by atoms with Crippen LogP contribution in [0.2, 0.25) is 0 Å². The molecule has 1 aliphatic heterocycles. The molecule has 0 bridgehead atoms. The Morgan fingerprint density at radius 1 is 0.974 bits per heavy atom. The van der Waals surface area contributed by atoms with Crippen LogP contribution in [0.25, 0.3) is 11.3 Å². The molecule has 1 atom stereocenters. The van der Waals surface area contributed by atoms with Crippen molar-refractivity contribution < 1.29 is 18.7 Å². The molecule has 1 unspecified atom stereocenters. The van der Waals surface area contributed by atoms with Crippen LogP contribution in [-0.4, -0.2) is 70.3 Å². The first-order valence-electron chi connectivity index (χ1n) is 12.8. The zero-order chi connectivity index (χ0) is 27.3. The lowest BCUT2D eigenvalue weighted by atomic mass is 10.0. The molecule has 200 valence electrons. The summed E-state index contributed by atoms with van der Waals surface area (Å²) in [5.41, 5.74) is 2.50. The number of rotatable bonds is 6. The third-order valence-electron chi connectivity index (χ3n) is 6.32. The summed E-state index contributed by atoms with van der Waals surface area (Å²) >= 11 is 0. The zero-order valence-corrected chi connectivity index (χ0v) is 22.3. The van der Waals surface area contributed by atoms with Crippen molar-refractivity contribution in [2.75, 3.05) is 38.0 Å². The van der Waals surface area contributed by atoms with Gasteiger partial charge < -0.3 is 19.9 Å². The summed E-state index contributed by atoms with van der Waals surface area (Å²) in [7, 11) is 0. The maximum absolute atomic E-state index is 13.2. The molecular weight excluding hydrogens is 485 g/mol. The van der Waals surface area contributed by atoms with Crippen LogP contribution in [-0.2, 0) is 4.74 Å². The van der Waals surface area contributed by atoms with Crippen LogP contribution in [0.4, 0.5) is 15.0 Å². The minimum absolute atomic E-state index is 0.0864. The molecule has 1 aromatic heterocycles. The van der Waals surface area contributed by atoms with E-state index >= 15 is 0 Å². The molecule has 1 aliphatic rings. The molecule has 0 radical (unpaired) electrons. The van der Waals surface area contributed by atoms with Crippen LogP contribution < -0.4 is 5.32 Å². The summed E-state index contributed by atoms with van der Waals surface area (Å²) in [6.45, 7) is 9.94. The molecule has 38 heavy (non-hydrogen) atoms. The van der Waals surface area contributed by atoms with E-state index in [0.29, 0.717) is 49.8 Å². The van der Waals surface area contributed by atoms with E-state index in [9.17, 15) is 14.0 Å². The molecule has 0 spiro atoms. The second kappa shape index (κ2) is 11.6. The first-order chi connectivity index (χ1) is 18.1. The van der Waals surface area contributed by atoms with E-state index in [2.05, 4.69) is 22.4 Å². The number of carbonyl (C=O) groups excluding carboxylic acids is 2. The normalized spacial score (nSPS) is 14.7. The number of nitrogens with one attached hydrogen (secondary N) is 1. The molecule has 0 aliphatic carbocycles. The lowest BCUT2D eigenvalue weighted by Gasteiger charge is -2.35. The largest absolute Gasteiger partial charge is 0.444 e. The molecule has 2 amide bonds. The van der Waals surface area contributed by atoms with Gasteiger partial charge in [-0.05, 0) is 68.7 Å². The van der Waals surface area contributed by atoms with Gasteiger partial charge in [-0.2, -0.15) is 0 Å². The number of anilines is 1. The van der Waals surface area contributed by atoms with E-state index in [4.69, 9.17) is 4.74 Å². The van der Waals surface area contributed by atoms with Gasteiger partial charge in [0.15, 0.2) is 0 Å². The molecule has 0 saturated carbocycles. The monoisotopic (exact) mass is 519 g/mol. The van der Waals surface area contributed by atoms with Gasteiger partial charge in [-0.15, -0.1) is 10.2 Å². The first kappa shape index (κ1) is 27.0. The Labute approximate surface area is 222 Å². The number of aromatic nitrogens is 2. The predicted molar refractivity (Wildman–Crippen MR) is 144 cm³/mol. The van der Waals surface area contributed by atoms with Gasteiger partial charge in [-0.3, -0.25) is 4.79 Å². The van der Waals surface area contributed by atoms with Crippen molar-refractivity contribution >= 4 is 17.8 Å². The highest BCUT2D eigenvalue weighted by Crippen LogP contribution is 2.21. The van der Waals surface area contributed by atoms with Gasteiger partial charge in [0.2, 0.25) is 0 Å². The molecule has 1 N–H and O–H groups in total. The summed E-state index contributed by atoms with van der Waals surface area (Å²) in [5.74, 6) is 0.474. The van der Waals surface area contributed by atoms with Crippen molar-refractivity contribution in [3.63, 3.8) is 0 Å². The van der Waals surface area contributed by atoms with Gasteiger partial charge in [-0.25, -0.2) is 9.18 Å². The van der Waals surface area contributed by atoms with Crippen molar-refractivity contribution in [2.24, 2.45) is 0 Å². The third kappa shape index (κ3) is 7.06. The van der Waals surface area contributed by atoms with Gasteiger partial charge >= 0.3 is 6.09 Å². The van der Waals surface area contributed by atoms with E-state index in [1.54, 1.807) is 28.0 Å².